The summed E-state index contributed by atoms with van der Waals surface area (Å²) in [5, 5.41) is 7.41. The second kappa shape index (κ2) is 7.06. The van der Waals surface area contributed by atoms with Crippen molar-refractivity contribution in [1.29, 1.82) is 0 Å². The van der Waals surface area contributed by atoms with Gasteiger partial charge in [-0.1, -0.05) is 47.5 Å². The Balaban J connectivity index is 1.81. The SMILES string of the molecule is Cc1cc(=O)n2c(n1)NC(Nc1ccccc1Cl)=N[C@H]2c1ccc(Cl)cc1. The monoisotopic (exact) mass is 399 g/mol. The molecule has 6 nitrogen and oxygen atoms in total. The van der Waals surface area contributed by atoms with E-state index in [9.17, 15) is 4.79 Å². The van der Waals surface area contributed by atoms with Crippen LogP contribution in [0.25, 0.3) is 0 Å². The molecule has 136 valence electrons. The second-order valence-corrected chi connectivity index (χ2v) is 6.91. The van der Waals surface area contributed by atoms with Crippen LogP contribution in [0.2, 0.25) is 10.0 Å². The molecular formula is C19H15Cl2N5O. The van der Waals surface area contributed by atoms with E-state index in [1.165, 1.54) is 10.6 Å². The topological polar surface area (TPSA) is 71.3 Å². The quantitative estimate of drug-likeness (QED) is 0.673. The van der Waals surface area contributed by atoms with Crippen molar-refractivity contribution in [3.8, 4) is 0 Å². The van der Waals surface area contributed by atoms with E-state index in [0.717, 1.165) is 5.56 Å². The number of guanidine groups is 1. The number of aryl methyl sites for hydroxylation is 1. The van der Waals surface area contributed by atoms with Gasteiger partial charge in [-0.3, -0.25) is 14.7 Å². The molecule has 0 saturated heterocycles. The zero-order valence-corrected chi connectivity index (χ0v) is 15.8. The summed E-state index contributed by atoms with van der Waals surface area (Å²) in [4.78, 5) is 21.7. The summed E-state index contributed by atoms with van der Waals surface area (Å²) < 4.78 is 1.51. The van der Waals surface area contributed by atoms with E-state index in [4.69, 9.17) is 23.2 Å². The zero-order chi connectivity index (χ0) is 19.0. The van der Waals surface area contributed by atoms with Crippen LogP contribution in [0.3, 0.4) is 0 Å². The highest BCUT2D eigenvalue weighted by Gasteiger charge is 2.25. The molecule has 0 unspecified atom stereocenters. The first-order chi connectivity index (χ1) is 13.0. The van der Waals surface area contributed by atoms with Crippen molar-refractivity contribution in [1.82, 2.24) is 9.55 Å². The molecule has 1 aliphatic heterocycles. The fourth-order valence-corrected chi connectivity index (χ4v) is 3.17. The first-order valence-corrected chi connectivity index (χ1v) is 8.99. The molecule has 27 heavy (non-hydrogen) atoms. The van der Waals surface area contributed by atoms with Crippen LogP contribution >= 0.6 is 23.2 Å². The summed E-state index contributed by atoms with van der Waals surface area (Å²) in [5.41, 5.74) is 1.94. The van der Waals surface area contributed by atoms with Crippen LogP contribution < -0.4 is 16.2 Å². The summed E-state index contributed by atoms with van der Waals surface area (Å²) in [5.74, 6) is 0.852. The number of hydrogen-bond acceptors (Lipinski definition) is 5. The van der Waals surface area contributed by atoms with Gasteiger partial charge in [0.05, 0.1) is 10.7 Å². The molecule has 8 heteroatoms. The van der Waals surface area contributed by atoms with Crippen molar-refractivity contribution in [2.24, 2.45) is 4.99 Å². The largest absolute Gasteiger partial charge is 0.325 e. The van der Waals surface area contributed by atoms with Crippen molar-refractivity contribution in [3.63, 3.8) is 0 Å². The minimum atomic E-state index is -0.580. The summed E-state index contributed by atoms with van der Waals surface area (Å²) in [7, 11) is 0. The maximum absolute atomic E-state index is 12.6. The third-order valence-corrected chi connectivity index (χ3v) is 4.68. The third-order valence-electron chi connectivity index (χ3n) is 4.10. The van der Waals surface area contributed by atoms with Gasteiger partial charge in [0, 0.05) is 16.8 Å². The fraction of sp³-hybridized carbons (Fsp3) is 0.105. The minimum absolute atomic E-state index is 0.189. The number of nitrogens with one attached hydrogen (secondary N) is 2. The van der Waals surface area contributed by atoms with Gasteiger partial charge in [-0.25, -0.2) is 9.98 Å². The highest BCUT2D eigenvalue weighted by molar-refractivity contribution is 6.33. The Labute approximate surface area is 165 Å². The molecule has 2 aromatic carbocycles. The van der Waals surface area contributed by atoms with E-state index in [1.807, 2.05) is 30.3 Å². The zero-order valence-electron chi connectivity index (χ0n) is 14.3. The number of halogens is 2. The maximum atomic E-state index is 12.6. The Morgan fingerprint density at radius 1 is 1.11 bits per heavy atom. The van der Waals surface area contributed by atoms with Gasteiger partial charge in [0.1, 0.15) is 0 Å². The Bertz CT molecular complexity index is 1090. The first-order valence-electron chi connectivity index (χ1n) is 8.23. The standard InChI is InChI=1S/C19H15Cl2N5O/c1-11-10-16(27)26-17(12-6-8-13(20)9-7-12)24-18(25-19(26)22-11)23-15-5-3-2-4-14(15)21/h2-10,17H,1H3,(H2,22,23,24,25)/t17-/m1/s1. The van der Waals surface area contributed by atoms with Crippen LogP contribution in [-0.4, -0.2) is 15.5 Å². The number of aliphatic imine (C=N–C) groups is 1. The molecule has 3 aromatic rings. The molecular weight excluding hydrogens is 385 g/mol. The van der Waals surface area contributed by atoms with Crippen LogP contribution in [0.15, 0.2) is 64.4 Å². The lowest BCUT2D eigenvalue weighted by atomic mass is 10.1. The van der Waals surface area contributed by atoms with Gasteiger partial charge in [0.25, 0.3) is 5.56 Å². The van der Waals surface area contributed by atoms with Crippen molar-refractivity contribution in [2.45, 2.75) is 13.1 Å². The van der Waals surface area contributed by atoms with E-state index >= 15 is 0 Å². The van der Waals surface area contributed by atoms with E-state index in [2.05, 4.69) is 20.6 Å². The van der Waals surface area contributed by atoms with Crippen molar-refractivity contribution >= 4 is 40.8 Å². The molecule has 0 amide bonds. The van der Waals surface area contributed by atoms with Crippen LogP contribution in [0.5, 0.6) is 0 Å². The molecule has 1 atom stereocenters. The lowest BCUT2D eigenvalue weighted by Crippen LogP contribution is -2.37. The number of hydrogen-bond donors (Lipinski definition) is 2. The Kier molecular flexibility index (Phi) is 4.59. The number of rotatable bonds is 2. The molecule has 1 aliphatic rings. The molecule has 2 heterocycles. The number of nitrogens with zero attached hydrogens (tertiary/aromatic N) is 3. The number of anilines is 2. The molecule has 1 aromatic heterocycles. The maximum Gasteiger partial charge on any atom is 0.257 e. The molecule has 0 spiro atoms. The van der Waals surface area contributed by atoms with Gasteiger partial charge >= 0.3 is 0 Å². The van der Waals surface area contributed by atoms with Gasteiger partial charge < -0.3 is 5.32 Å². The van der Waals surface area contributed by atoms with E-state index in [-0.39, 0.29) is 5.56 Å². The minimum Gasteiger partial charge on any atom is -0.325 e. The summed E-state index contributed by atoms with van der Waals surface area (Å²) in [6, 6.07) is 16.0. The van der Waals surface area contributed by atoms with Crippen LogP contribution in [0.4, 0.5) is 11.6 Å². The lowest BCUT2D eigenvalue weighted by Gasteiger charge is -2.27. The molecule has 0 radical (unpaired) electrons. The Hall–Kier alpha value is -2.83. The lowest BCUT2D eigenvalue weighted by molar-refractivity contribution is 0.577. The molecule has 0 saturated carbocycles. The first kappa shape index (κ1) is 17.6. The molecule has 0 bridgehead atoms. The van der Waals surface area contributed by atoms with Crippen LogP contribution in [0.1, 0.15) is 17.4 Å². The highest BCUT2D eigenvalue weighted by Crippen LogP contribution is 2.28. The number of aromatic nitrogens is 2. The van der Waals surface area contributed by atoms with Gasteiger partial charge in [-0.15, -0.1) is 0 Å². The van der Waals surface area contributed by atoms with Crippen molar-refractivity contribution in [3.05, 3.63) is 86.3 Å². The van der Waals surface area contributed by atoms with Gasteiger partial charge in [0.15, 0.2) is 6.17 Å². The second-order valence-electron chi connectivity index (χ2n) is 6.06. The summed E-state index contributed by atoms with van der Waals surface area (Å²) in [6.07, 6.45) is -0.580. The number of benzene rings is 2. The van der Waals surface area contributed by atoms with Gasteiger partial charge in [-0.05, 0) is 36.8 Å². The molecule has 0 fully saturated rings. The Morgan fingerprint density at radius 2 is 1.85 bits per heavy atom. The summed E-state index contributed by atoms with van der Waals surface area (Å²) >= 11 is 12.2. The van der Waals surface area contributed by atoms with Gasteiger partial charge in [0.2, 0.25) is 11.9 Å². The Morgan fingerprint density at radius 3 is 2.59 bits per heavy atom. The predicted molar refractivity (Wildman–Crippen MR) is 109 cm³/mol. The molecule has 2 N–H and O–H groups in total. The molecule has 4 rings (SSSR count). The smallest absolute Gasteiger partial charge is 0.257 e. The van der Waals surface area contributed by atoms with Crippen LogP contribution in [-0.2, 0) is 0 Å². The van der Waals surface area contributed by atoms with E-state index in [1.54, 1.807) is 25.1 Å². The van der Waals surface area contributed by atoms with Crippen molar-refractivity contribution in [2.75, 3.05) is 10.6 Å². The fourth-order valence-electron chi connectivity index (χ4n) is 2.86. The van der Waals surface area contributed by atoms with Gasteiger partial charge in [-0.2, -0.15) is 0 Å². The van der Waals surface area contributed by atoms with E-state index in [0.29, 0.717) is 33.3 Å². The van der Waals surface area contributed by atoms with E-state index < -0.39 is 6.17 Å². The summed E-state index contributed by atoms with van der Waals surface area (Å²) in [6.45, 7) is 1.77. The number of para-hydroxylation sites is 1. The highest BCUT2D eigenvalue weighted by atomic mass is 35.5. The average molecular weight is 400 g/mol. The molecule has 0 aliphatic carbocycles. The van der Waals surface area contributed by atoms with Crippen LogP contribution in [0, 0.1) is 6.92 Å². The number of fused-ring (bicyclic) bond motifs is 1. The normalized spacial score (nSPS) is 15.5. The van der Waals surface area contributed by atoms with Crippen molar-refractivity contribution < 1.29 is 0 Å². The third kappa shape index (κ3) is 3.54. The average Bonchev–Trinajstić information content (AvgIpc) is 2.63. The predicted octanol–water partition coefficient (Wildman–Crippen LogP) is 4.30.